The number of alkyl halides is 3. The third-order valence-corrected chi connectivity index (χ3v) is 6.67. The fourth-order valence-electron chi connectivity index (χ4n) is 3.24. The number of nitriles is 1. The Balaban J connectivity index is 1.87. The molecule has 0 bridgehead atoms. The van der Waals surface area contributed by atoms with E-state index in [9.17, 15) is 23.2 Å². The predicted molar refractivity (Wildman–Crippen MR) is 123 cm³/mol. The minimum atomic E-state index is -4.84. The van der Waals surface area contributed by atoms with Gasteiger partial charge in [0.1, 0.15) is 6.04 Å². The van der Waals surface area contributed by atoms with Crippen molar-refractivity contribution in [3.05, 3.63) is 68.2 Å². The van der Waals surface area contributed by atoms with Crippen LogP contribution >= 0.6 is 46.6 Å². The molecule has 1 aliphatic rings. The van der Waals surface area contributed by atoms with Gasteiger partial charge in [-0.05, 0) is 29.5 Å². The summed E-state index contributed by atoms with van der Waals surface area (Å²) in [6.45, 7) is 0. The molecule has 1 amide bonds. The van der Waals surface area contributed by atoms with Crippen LogP contribution in [0, 0.1) is 11.3 Å². The first-order valence-corrected chi connectivity index (χ1v) is 11.8. The Kier molecular flexibility index (Phi) is 7.74. The Labute approximate surface area is 206 Å². The highest BCUT2D eigenvalue weighted by molar-refractivity contribution is 7.99. The first kappa shape index (κ1) is 25.5. The summed E-state index contributed by atoms with van der Waals surface area (Å²) < 4.78 is 42.5. The maximum absolute atomic E-state index is 14.2. The number of benzene rings is 2. The molecule has 2 unspecified atom stereocenters. The second-order valence-corrected chi connectivity index (χ2v) is 9.13. The van der Waals surface area contributed by atoms with Crippen LogP contribution in [0.1, 0.15) is 29.2 Å². The van der Waals surface area contributed by atoms with Crippen molar-refractivity contribution in [1.29, 1.82) is 5.26 Å². The topological polar surface area (TPSA) is 74.5 Å². The van der Waals surface area contributed by atoms with Gasteiger partial charge in [0.25, 0.3) is 5.60 Å². The number of oxime groups is 1. The number of carbonyl (C=O) groups excluding carboxylic acids is 1. The van der Waals surface area contributed by atoms with Gasteiger partial charge in [0, 0.05) is 12.0 Å². The zero-order valence-electron chi connectivity index (χ0n) is 16.8. The monoisotopic (exact) mass is 535 g/mol. The van der Waals surface area contributed by atoms with Gasteiger partial charge in [-0.1, -0.05) is 64.2 Å². The van der Waals surface area contributed by atoms with Crippen LogP contribution in [0.2, 0.25) is 15.1 Å². The maximum Gasteiger partial charge on any atom is 0.435 e. The second kappa shape index (κ2) is 10.0. The number of nitrogens with zero attached hydrogens (tertiary/aromatic N) is 2. The molecule has 2 atom stereocenters. The molecule has 1 heterocycles. The number of amides is 1. The third kappa shape index (κ3) is 5.19. The van der Waals surface area contributed by atoms with Crippen LogP contribution < -0.4 is 5.32 Å². The standard InChI is InChI=1S/C21H15Cl3F3N3O2S/c1-33-10-18(31)29-17(9-28)12-4-2-11(3-5-12)16-8-20(32-30-16,21(25,26)27)13-6-14(22)19(24)15(23)7-13/h2-7,17H,8,10H2,1H3,(H,29,31). The fraction of sp³-hybridized carbons (Fsp3) is 0.286. The molecule has 12 heteroatoms. The van der Waals surface area contributed by atoms with Crippen LogP contribution in [0.15, 0.2) is 41.6 Å². The molecule has 1 N–H and O–H groups in total. The summed E-state index contributed by atoms with van der Waals surface area (Å²) >= 11 is 19.1. The second-order valence-electron chi connectivity index (χ2n) is 7.07. The molecule has 2 aromatic carbocycles. The zero-order chi connectivity index (χ0) is 24.4. The molecule has 0 radical (unpaired) electrons. The van der Waals surface area contributed by atoms with E-state index in [2.05, 4.69) is 10.5 Å². The average molecular weight is 537 g/mol. The molecule has 2 aromatic rings. The van der Waals surface area contributed by atoms with Crippen molar-refractivity contribution in [3.63, 3.8) is 0 Å². The Morgan fingerprint density at radius 2 is 1.88 bits per heavy atom. The van der Waals surface area contributed by atoms with Gasteiger partial charge in [-0.25, -0.2) is 0 Å². The predicted octanol–water partition coefficient (Wildman–Crippen LogP) is 6.27. The van der Waals surface area contributed by atoms with Crippen molar-refractivity contribution >= 4 is 58.2 Å². The number of nitrogens with one attached hydrogen (secondary N) is 1. The minimum Gasteiger partial charge on any atom is -0.374 e. The van der Waals surface area contributed by atoms with Crippen molar-refractivity contribution in [1.82, 2.24) is 5.32 Å². The quantitative estimate of drug-likeness (QED) is 0.442. The van der Waals surface area contributed by atoms with Crippen LogP contribution in [0.25, 0.3) is 0 Å². The van der Waals surface area contributed by atoms with Gasteiger partial charge in [-0.3, -0.25) is 4.79 Å². The largest absolute Gasteiger partial charge is 0.435 e. The average Bonchev–Trinajstić information content (AvgIpc) is 3.23. The SMILES string of the molecule is CSCC(=O)NC(C#N)c1ccc(C2=NOC(c3cc(Cl)c(Cl)c(Cl)c3)(C(F)(F)F)C2)cc1. The van der Waals surface area contributed by atoms with Gasteiger partial charge in [-0.2, -0.15) is 30.2 Å². The summed E-state index contributed by atoms with van der Waals surface area (Å²) in [5.41, 5.74) is -2.23. The summed E-state index contributed by atoms with van der Waals surface area (Å²) in [6.07, 6.45) is -3.71. The molecule has 33 heavy (non-hydrogen) atoms. The van der Waals surface area contributed by atoms with Crippen molar-refractivity contribution in [2.45, 2.75) is 24.2 Å². The smallest absolute Gasteiger partial charge is 0.374 e. The maximum atomic E-state index is 14.2. The number of hydrogen-bond acceptors (Lipinski definition) is 5. The van der Waals surface area contributed by atoms with Crippen molar-refractivity contribution in [2.24, 2.45) is 5.16 Å². The van der Waals surface area contributed by atoms with Gasteiger partial charge < -0.3 is 10.2 Å². The zero-order valence-corrected chi connectivity index (χ0v) is 19.9. The molecular weight excluding hydrogens is 522 g/mol. The first-order chi connectivity index (χ1) is 15.5. The van der Waals surface area contributed by atoms with Gasteiger partial charge >= 0.3 is 6.18 Å². The molecular formula is C21H15Cl3F3N3O2S. The van der Waals surface area contributed by atoms with E-state index in [1.165, 1.54) is 36.0 Å². The molecule has 0 saturated heterocycles. The molecule has 0 spiro atoms. The number of halogens is 6. The van der Waals surface area contributed by atoms with E-state index in [0.29, 0.717) is 11.1 Å². The van der Waals surface area contributed by atoms with Gasteiger partial charge in [-0.15, -0.1) is 0 Å². The normalized spacial score (nSPS) is 18.8. The van der Waals surface area contributed by atoms with E-state index in [1.807, 2.05) is 6.07 Å². The van der Waals surface area contributed by atoms with E-state index in [4.69, 9.17) is 39.6 Å². The van der Waals surface area contributed by atoms with E-state index in [-0.39, 0.29) is 38.0 Å². The lowest BCUT2D eigenvalue weighted by molar-refractivity contribution is -0.275. The Morgan fingerprint density at radius 1 is 1.27 bits per heavy atom. The van der Waals surface area contributed by atoms with Crippen molar-refractivity contribution in [3.8, 4) is 6.07 Å². The molecule has 1 aliphatic heterocycles. The summed E-state index contributed by atoms with van der Waals surface area (Å²) in [4.78, 5) is 16.8. The lowest BCUT2D eigenvalue weighted by Crippen LogP contribution is -2.42. The number of hydrogen-bond donors (Lipinski definition) is 1. The number of carbonyl (C=O) groups is 1. The lowest BCUT2D eigenvalue weighted by Gasteiger charge is -2.30. The van der Waals surface area contributed by atoms with Gasteiger partial charge in [0.15, 0.2) is 0 Å². The highest BCUT2D eigenvalue weighted by atomic mass is 35.5. The highest BCUT2D eigenvalue weighted by Gasteiger charge is 2.62. The molecule has 174 valence electrons. The van der Waals surface area contributed by atoms with Gasteiger partial charge in [0.2, 0.25) is 5.91 Å². The van der Waals surface area contributed by atoms with E-state index in [0.717, 1.165) is 12.1 Å². The molecule has 0 saturated carbocycles. The number of rotatable bonds is 6. The lowest BCUT2D eigenvalue weighted by atomic mass is 9.86. The minimum absolute atomic E-state index is 0.0426. The molecule has 5 nitrogen and oxygen atoms in total. The molecule has 0 aliphatic carbocycles. The molecule has 3 rings (SSSR count). The highest BCUT2D eigenvalue weighted by Crippen LogP contribution is 2.50. The molecule has 0 aromatic heterocycles. The third-order valence-electron chi connectivity index (χ3n) is 4.92. The summed E-state index contributed by atoms with van der Waals surface area (Å²) in [5, 5.41) is 15.3. The fourth-order valence-corrected chi connectivity index (χ4v) is 4.18. The number of thioether (sulfide) groups is 1. The molecule has 0 fully saturated rings. The van der Waals surface area contributed by atoms with Crippen molar-refractivity contribution in [2.75, 3.05) is 12.0 Å². The van der Waals surface area contributed by atoms with Gasteiger partial charge in [0.05, 0.1) is 32.6 Å². The van der Waals surface area contributed by atoms with Crippen LogP contribution in [-0.2, 0) is 15.2 Å². The summed E-state index contributed by atoms with van der Waals surface area (Å²) in [5.74, 6) is -0.107. The van der Waals surface area contributed by atoms with E-state index < -0.39 is 24.2 Å². The summed E-state index contributed by atoms with van der Waals surface area (Å²) in [7, 11) is 0. The van der Waals surface area contributed by atoms with E-state index in [1.54, 1.807) is 6.26 Å². The van der Waals surface area contributed by atoms with Crippen LogP contribution in [0.5, 0.6) is 0 Å². The van der Waals surface area contributed by atoms with E-state index >= 15 is 0 Å². The van der Waals surface area contributed by atoms with Crippen LogP contribution in [-0.4, -0.2) is 29.8 Å². The Bertz CT molecular complexity index is 1110. The van der Waals surface area contributed by atoms with Crippen LogP contribution in [0.3, 0.4) is 0 Å². The first-order valence-electron chi connectivity index (χ1n) is 9.27. The van der Waals surface area contributed by atoms with Crippen LogP contribution in [0.4, 0.5) is 13.2 Å². The Hall–Kier alpha value is -2.12. The Morgan fingerprint density at radius 3 is 2.39 bits per heavy atom. The van der Waals surface area contributed by atoms with Crippen molar-refractivity contribution < 1.29 is 22.8 Å². The summed E-state index contributed by atoms with van der Waals surface area (Å²) in [6, 6.07) is 9.30.